The van der Waals surface area contributed by atoms with Gasteiger partial charge in [-0.1, -0.05) is 37.3 Å². The van der Waals surface area contributed by atoms with Gasteiger partial charge in [0.15, 0.2) is 6.29 Å². The maximum atomic E-state index is 8.96. The van der Waals surface area contributed by atoms with E-state index >= 15 is 0 Å². The van der Waals surface area contributed by atoms with Gasteiger partial charge in [-0.2, -0.15) is 0 Å². The predicted molar refractivity (Wildman–Crippen MR) is 69.2 cm³/mol. The van der Waals surface area contributed by atoms with E-state index in [1.54, 1.807) is 0 Å². The lowest BCUT2D eigenvalue weighted by molar-refractivity contribution is -0.0644. The standard InChI is InChI=1S/C14H21NO3/c1-2-15(8-9-16)10-13-11-17-14(18-13)12-6-4-3-5-7-12/h3-7,13-14,16H,2,8-11H2,1H3. The Morgan fingerprint density at radius 3 is 2.78 bits per heavy atom. The second-order valence-corrected chi connectivity index (χ2v) is 4.45. The summed E-state index contributed by atoms with van der Waals surface area (Å²) < 4.78 is 11.5. The van der Waals surface area contributed by atoms with Gasteiger partial charge in [0.05, 0.1) is 19.3 Å². The quantitative estimate of drug-likeness (QED) is 0.830. The lowest BCUT2D eigenvalue weighted by Crippen LogP contribution is -2.35. The van der Waals surface area contributed by atoms with E-state index in [1.807, 2.05) is 30.3 Å². The van der Waals surface area contributed by atoms with Crippen molar-refractivity contribution in [1.29, 1.82) is 0 Å². The van der Waals surface area contributed by atoms with Crippen molar-refractivity contribution >= 4 is 0 Å². The van der Waals surface area contributed by atoms with Gasteiger partial charge in [-0.15, -0.1) is 0 Å². The second kappa shape index (κ2) is 6.85. The average Bonchev–Trinajstić information content (AvgIpc) is 2.88. The Kier molecular flexibility index (Phi) is 5.13. The summed E-state index contributed by atoms with van der Waals surface area (Å²) in [4.78, 5) is 2.17. The van der Waals surface area contributed by atoms with Crippen LogP contribution in [-0.4, -0.2) is 49.0 Å². The molecule has 0 amide bonds. The average molecular weight is 251 g/mol. The normalized spacial score (nSPS) is 23.7. The Labute approximate surface area is 108 Å². The van der Waals surface area contributed by atoms with Gasteiger partial charge in [-0.3, -0.25) is 4.90 Å². The van der Waals surface area contributed by atoms with E-state index in [2.05, 4.69) is 11.8 Å². The number of ether oxygens (including phenoxy) is 2. The first-order valence-electron chi connectivity index (χ1n) is 6.48. The highest BCUT2D eigenvalue weighted by molar-refractivity contribution is 5.16. The largest absolute Gasteiger partial charge is 0.395 e. The van der Waals surface area contributed by atoms with Gasteiger partial charge in [0, 0.05) is 18.7 Å². The summed E-state index contributed by atoms with van der Waals surface area (Å²) in [6.45, 7) is 5.29. The van der Waals surface area contributed by atoms with Crippen LogP contribution in [0.4, 0.5) is 0 Å². The van der Waals surface area contributed by atoms with Crippen LogP contribution in [-0.2, 0) is 9.47 Å². The third-order valence-corrected chi connectivity index (χ3v) is 3.15. The Morgan fingerprint density at radius 2 is 2.11 bits per heavy atom. The number of likely N-dealkylation sites (N-methyl/N-ethyl adjacent to an activating group) is 1. The van der Waals surface area contributed by atoms with E-state index in [-0.39, 0.29) is 19.0 Å². The fourth-order valence-electron chi connectivity index (χ4n) is 2.14. The van der Waals surface area contributed by atoms with Crippen molar-refractivity contribution in [2.45, 2.75) is 19.3 Å². The zero-order valence-electron chi connectivity index (χ0n) is 10.8. The van der Waals surface area contributed by atoms with Crippen LogP contribution < -0.4 is 0 Å². The van der Waals surface area contributed by atoms with E-state index < -0.39 is 0 Å². The number of hydrogen-bond acceptors (Lipinski definition) is 4. The van der Waals surface area contributed by atoms with Crippen molar-refractivity contribution in [2.24, 2.45) is 0 Å². The Balaban J connectivity index is 1.85. The first kappa shape index (κ1) is 13.5. The Bertz CT molecular complexity index is 344. The topological polar surface area (TPSA) is 41.9 Å². The van der Waals surface area contributed by atoms with Crippen LogP contribution in [0.5, 0.6) is 0 Å². The number of aliphatic hydroxyl groups excluding tert-OH is 1. The Hall–Kier alpha value is -0.940. The molecule has 1 fully saturated rings. The zero-order chi connectivity index (χ0) is 12.8. The van der Waals surface area contributed by atoms with Gasteiger partial charge in [0.25, 0.3) is 0 Å². The molecule has 18 heavy (non-hydrogen) atoms. The molecule has 2 rings (SSSR count). The lowest BCUT2D eigenvalue weighted by atomic mass is 10.2. The molecule has 0 saturated carbocycles. The molecular weight excluding hydrogens is 230 g/mol. The summed E-state index contributed by atoms with van der Waals surface area (Å²) in [5, 5.41) is 8.96. The molecule has 2 atom stereocenters. The van der Waals surface area contributed by atoms with E-state index in [0.29, 0.717) is 13.2 Å². The Morgan fingerprint density at radius 1 is 1.33 bits per heavy atom. The summed E-state index contributed by atoms with van der Waals surface area (Å²) in [6, 6.07) is 9.98. The van der Waals surface area contributed by atoms with Crippen molar-refractivity contribution in [2.75, 3.05) is 32.8 Å². The highest BCUT2D eigenvalue weighted by atomic mass is 16.7. The number of hydrogen-bond donors (Lipinski definition) is 1. The third kappa shape index (κ3) is 3.53. The monoisotopic (exact) mass is 251 g/mol. The van der Waals surface area contributed by atoms with Gasteiger partial charge in [-0.05, 0) is 6.54 Å². The number of rotatable bonds is 6. The van der Waals surface area contributed by atoms with E-state index in [1.165, 1.54) is 0 Å². The fraction of sp³-hybridized carbons (Fsp3) is 0.571. The molecular formula is C14H21NO3. The highest BCUT2D eigenvalue weighted by Gasteiger charge is 2.28. The van der Waals surface area contributed by atoms with Gasteiger partial charge >= 0.3 is 0 Å². The molecule has 0 radical (unpaired) electrons. The smallest absolute Gasteiger partial charge is 0.184 e. The molecule has 0 aliphatic carbocycles. The van der Waals surface area contributed by atoms with Crippen LogP contribution in [0.2, 0.25) is 0 Å². The van der Waals surface area contributed by atoms with Crippen molar-refractivity contribution in [3.63, 3.8) is 0 Å². The number of aliphatic hydroxyl groups is 1. The van der Waals surface area contributed by atoms with E-state index in [4.69, 9.17) is 14.6 Å². The summed E-state index contributed by atoms with van der Waals surface area (Å²) in [5.41, 5.74) is 1.06. The molecule has 0 aromatic heterocycles. The molecule has 1 aromatic rings. The van der Waals surface area contributed by atoms with Crippen LogP contribution in [0.15, 0.2) is 30.3 Å². The molecule has 4 heteroatoms. The summed E-state index contributed by atoms with van der Waals surface area (Å²) in [6.07, 6.45) is -0.161. The van der Waals surface area contributed by atoms with Crippen LogP contribution in [0, 0.1) is 0 Å². The fourth-order valence-corrected chi connectivity index (χ4v) is 2.14. The molecule has 0 bridgehead atoms. The number of nitrogens with zero attached hydrogens (tertiary/aromatic N) is 1. The lowest BCUT2D eigenvalue weighted by Gasteiger charge is -2.22. The molecule has 100 valence electrons. The third-order valence-electron chi connectivity index (χ3n) is 3.15. The van der Waals surface area contributed by atoms with Crippen LogP contribution in [0.1, 0.15) is 18.8 Å². The van der Waals surface area contributed by atoms with Gasteiger partial charge < -0.3 is 14.6 Å². The maximum absolute atomic E-state index is 8.96. The molecule has 1 saturated heterocycles. The van der Waals surface area contributed by atoms with Crippen molar-refractivity contribution in [1.82, 2.24) is 4.90 Å². The zero-order valence-corrected chi connectivity index (χ0v) is 10.8. The summed E-state index contributed by atoms with van der Waals surface area (Å²) in [7, 11) is 0. The highest BCUT2D eigenvalue weighted by Crippen LogP contribution is 2.26. The molecule has 1 aliphatic heterocycles. The molecule has 1 heterocycles. The van der Waals surface area contributed by atoms with Gasteiger partial charge in [-0.25, -0.2) is 0 Å². The minimum Gasteiger partial charge on any atom is -0.395 e. The van der Waals surface area contributed by atoms with E-state index in [9.17, 15) is 0 Å². The number of benzene rings is 1. The molecule has 2 unspecified atom stereocenters. The first-order valence-corrected chi connectivity index (χ1v) is 6.48. The second-order valence-electron chi connectivity index (χ2n) is 4.45. The maximum Gasteiger partial charge on any atom is 0.184 e. The molecule has 4 nitrogen and oxygen atoms in total. The summed E-state index contributed by atoms with van der Waals surface area (Å²) in [5.74, 6) is 0. The molecule has 0 spiro atoms. The van der Waals surface area contributed by atoms with Crippen molar-refractivity contribution in [3.05, 3.63) is 35.9 Å². The summed E-state index contributed by atoms with van der Waals surface area (Å²) >= 11 is 0. The van der Waals surface area contributed by atoms with E-state index in [0.717, 1.165) is 18.7 Å². The van der Waals surface area contributed by atoms with Gasteiger partial charge in [0.2, 0.25) is 0 Å². The van der Waals surface area contributed by atoms with Crippen LogP contribution >= 0.6 is 0 Å². The van der Waals surface area contributed by atoms with Crippen LogP contribution in [0.3, 0.4) is 0 Å². The minimum atomic E-state index is -0.246. The SMILES string of the molecule is CCN(CCO)CC1COC(c2ccccc2)O1. The molecule has 1 N–H and O–H groups in total. The van der Waals surface area contributed by atoms with Crippen LogP contribution in [0.25, 0.3) is 0 Å². The first-order chi connectivity index (χ1) is 8.83. The van der Waals surface area contributed by atoms with Crippen molar-refractivity contribution < 1.29 is 14.6 Å². The predicted octanol–water partition coefficient (Wildman–Crippen LogP) is 1.41. The van der Waals surface area contributed by atoms with Gasteiger partial charge in [0.1, 0.15) is 0 Å². The van der Waals surface area contributed by atoms with Crippen molar-refractivity contribution in [3.8, 4) is 0 Å². The molecule has 1 aliphatic rings. The molecule has 1 aromatic carbocycles. The minimum absolute atomic E-state index is 0.0849.